The summed E-state index contributed by atoms with van der Waals surface area (Å²) < 4.78 is 1.17. The molecule has 0 saturated heterocycles. The zero-order chi connectivity index (χ0) is 9.97. The zero-order valence-corrected chi connectivity index (χ0v) is 9.58. The minimum Gasteiger partial charge on any atom is -0.0870 e. The van der Waals surface area contributed by atoms with Crippen molar-refractivity contribution in [2.24, 2.45) is 0 Å². The van der Waals surface area contributed by atoms with Crippen molar-refractivity contribution in [2.45, 2.75) is 6.92 Å². The van der Waals surface area contributed by atoms with E-state index in [4.69, 9.17) is 0 Å². The first kappa shape index (κ1) is 9.47. The normalized spacial score (nSPS) is 11.3. The lowest BCUT2D eigenvalue weighted by Crippen LogP contribution is -1.78. The Morgan fingerprint density at radius 3 is 2.64 bits per heavy atom. The molecule has 0 spiro atoms. The molecule has 0 aliphatic rings. The maximum absolute atomic E-state index is 3.63. The predicted molar refractivity (Wildman–Crippen MR) is 66.4 cm³/mol. The van der Waals surface area contributed by atoms with E-state index in [1.807, 2.05) is 6.92 Å². The monoisotopic (exact) mass is 246 g/mol. The average Bonchev–Trinajstić information content (AvgIpc) is 2.23. The number of hydrogen-bond acceptors (Lipinski definition) is 0. The van der Waals surface area contributed by atoms with Crippen LogP contribution < -0.4 is 0 Å². The Labute approximate surface area is 92.4 Å². The molecule has 0 aromatic heterocycles. The van der Waals surface area contributed by atoms with Gasteiger partial charge in [-0.15, -0.1) is 0 Å². The van der Waals surface area contributed by atoms with Crippen LogP contribution in [-0.4, -0.2) is 0 Å². The molecule has 0 nitrogen and oxygen atoms in total. The van der Waals surface area contributed by atoms with Gasteiger partial charge in [0.2, 0.25) is 0 Å². The van der Waals surface area contributed by atoms with E-state index in [9.17, 15) is 0 Å². The smallest absolute Gasteiger partial charge is 0.0326 e. The highest BCUT2D eigenvalue weighted by molar-refractivity contribution is 9.10. The number of fused-ring (bicyclic) bond motifs is 1. The SMILES string of the molecule is CC=Cc1ccc2ccccc2c1Br. The summed E-state index contributed by atoms with van der Waals surface area (Å²) in [5.41, 5.74) is 1.23. The van der Waals surface area contributed by atoms with Gasteiger partial charge in [-0.3, -0.25) is 0 Å². The molecule has 0 amide bonds. The Bertz CT molecular complexity index is 484. The summed E-state index contributed by atoms with van der Waals surface area (Å²) in [7, 11) is 0. The molecule has 0 aliphatic carbocycles. The highest BCUT2D eigenvalue weighted by Gasteiger charge is 2.00. The van der Waals surface area contributed by atoms with Crippen LogP contribution in [0.5, 0.6) is 0 Å². The first-order chi connectivity index (χ1) is 6.83. The maximum atomic E-state index is 3.63. The van der Waals surface area contributed by atoms with Gasteiger partial charge in [-0.25, -0.2) is 0 Å². The van der Waals surface area contributed by atoms with Crippen LogP contribution in [0.4, 0.5) is 0 Å². The van der Waals surface area contributed by atoms with Gasteiger partial charge < -0.3 is 0 Å². The van der Waals surface area contributed by atoms with Crippen molar-refractivity contribution in [1.82, 2.24) is 0 Å². The molecule has 0 unspecified atom stereocenters. The molecule has 0 radical (unpaired) electrons. The number of halogens is 1. The van der Waals surface area contributed by atoms with Gasteiger partial charge in [-0.1, -0.05) is 48.6 Å². The Balaban J connectivity index is 2.75. The Kier molecular flexibility index (Phi) is 2.69. The van der Waals surface area contributed by atoms with Crippen molar-refractivity contribution in [2.75, 3.05) is 0 Å². The second kappa shape index (κ2) is 3.97. The molecule has 0 fully saturated rings. The molecule has 14 heavy (non-hydrogen) atoms. The Hall–Kier alpha value is -1.08. The summed E-state index contributed by atoms with van der Waals surface area (Å²) in [6.45, 7) is 2.03. The van der Waals surface area contributed by atoms with Gasteiger partial charge in [0, 0.05) is 4.47 Å². The van der Waals surface area contributed by atoms with E-state index < -0.39 is 0 Å². The highest BCUT2D eigenvalue weighted by Crippen LogP contribution is 2.28. The zero-order valence-electron chi connectivity index (χ0n) is 8.00. The van der Waals surface area contributed by atoms with Crippen LogP contribution in [0.25, 0.3) is 16.8 Å². The van der Waals surface area contributed by atoms with Crippen LogP contribution >= 0.6 is 15.9 Å². The van der Waals surface area contributed by atoms with Gasteiger partial charge in [0.25, 0.3) is 0 Å². The lowest BCUT2D eigenvalue weighted by molar-refractivity contribution is 1.64. The van der Waals surface area contributed by atoms with Crippen molar-refractivity contribution in [3.8, 4) is 0 Å². The van der Waals surface area contributed by atoms with Crippen LogP contribution in [0, 0.1) is 0 Å². The largest absolute Gasteiger partial charge is 0.0870 e. The minimum atomic E-state index is 1.17. The number of benzene rings is 2. The van der Waals surface area contributed by atoms with Crippen molar-refractivity contribution in [3.63, 3.8) is 0 Å². The van der Waals surface area contributed by atoms with E-state index >= 15 is 0 Å². The topological polar surface area (TPSA) is 0 Å². The molecule has 70 valence electrons. The standard InChI is InChI=1S/C13H11Br/c1-2-5-11-9-8-10-6-3-4-7-12(10)13(11)14/h2-9H,1H3. The molecule has 2 aromatic carbocycles. The van der Waals surface area contributed by atoms with E-state index in [0.29, 0.717) is 0 Å². The van der Waals surface area contributed by atoms with E-state index in [2.05, 4.69) is 64.5 Å². The molecular weight excluding hydrogens is 236 g/mol. The molecular formula is C13H11Br. The maximum Gasteiger partial charge on any atom is 0.0326 e. The van der Waals surface area contributed by atoms with E-state index in [1.54, 1.807) is 0 Å². The highest BCUT2D eigenvalue weighted by atomic mass is 79.9. The fraction of sp³-hybridized carbons (Fsp3) is 0.0769. The lowest BCUT2D eigenvalue weighted by Gasteiger charge is -2.03. The fourth-order valence-electron chi connectivity index (χ4n) is 1.56. The average molecular weight is 247 g/mol. The van der Waals surface area contributed by atoms with Gasteiger partial charge in [0.1, 0.15) is 0 Å². The van der Waals surface area contributed by atoms with Crippen LogP contribution in [0.3, 0.4) is 0 Å². The summed E-state index contributed by atoms with van der Waals surface area (Å²) in [4.78, 5) is 0. The summed E-state index contributed by atoms with van der Waals surface area (Å²) in [6.07, 6.45) is 4.16. The molecule has 0 N–H and O–H groups in total. The van der Waals surface area contributed by atoms with Crippen LogP contribution in [0.1, 0.15) is 12.5 Å². The molecule has 2 rings (SSSR count). The summed E-state index contributed by atoms with van der Waals surface area (Å²) in [6, 6.07) is 12.7. The molecule has 0 heterocycles. The fourth-order valence-corrected chi connectivity index (χ4v) is 2.18. The summed E-state index contributed by atoms with van der Waals surface area (Å²) in [5, 5.41) is 2.54. The minimum absolute atomic E-state index is 1.17. The molecule has 2 aromatic rings. The quantitative estimate of drug-likeness (QED) is 0.688. The van der Waals surface area contributed by atoms with Crippen molar-refractivity contribution in [1.29, 1.82) is 0 Å². The summed E-state index contributed by atoms with van der Waals surface area (Å²) in [5.74, 6) is 0. The van der Waals surface area contributed by atoms with Gasteiger partial charge >= 0.3 is 0 Å². The third kappa shape index (κ3) is 1.60. The third-order valence-corrected chi connectivity index (χ3v) is 3.12. The Morgan fingerprint density at radius 1 is 1.07 bits per heavy atom. The molecule has 0 aliphatic heterocycles. The van der Waals surface area contributed by atoms with Crippen molar-refractivity contribution < 1.29 is 0 Å². The molecule has 0 bridgehead atoms. The number of hydrogen-bond donors (Lipinski definition) is 0. The molecule has 1 heteroatoms. The molecule has 0 saturated carbocycles. The Morgan fingerprint density at radius 2 is 1.86 bits per heavy atom. The third-order valence-electron chi connectivity index (χ3n) is 2.24. The van der Waals surface area contributed by atoms with Crippen LogP contribution in [-0.2, 0) is 0 Å². The van der Waals surface area contributed by atoms with Crippen LogP contribution in [0.2, 0.25) is 0 Å². The summed E-state index contributed by atoms with van der Waals surface area (Å²) >= 11 is 3.63. The lowest BCUT2D eigenvalue weighted by atomic mass is 10.1. The first-order valence-electron chi connectivity index (χ1n) is 4.63. The van der Waals surface area contributed by atoms with E-state index in [-0.39, 0.29) is 0 Å². The van der Waals surface area contributed by atoms with Gasteiger partial charge in [-0.05, 0) is 39.2 Å². The number of allylic oxidation sites excluding steroid dienone is 1. The second-order valence-corrected chi connectivity index (χ2v) is 3.98. The predicted octanol–water partition coefficient (Wildman–Crippen LogP) is 4.64. The van der Waals surface area contributed by atoms with Crippen LogP contribution in [0.15, 0.2) is 46.9 Å². The second-order valence-electron chi connectivity index (χ2n) is 3.19. The van der Waals surface area contributed by atoms with Crippen molar-refractivity contribution >= 4 is 32.8 Å². The first-order valence-corrected chi connectivity index (χ1v) is 5.42. The van der Waals surface area contributed by atoms with E-state index in [1.165, 1.54) is 20.8 Å². The van der Waals surface area contributed by atoms with Crippen molar-refractivity contribution in [3.05, 3.63) is 52.5 Å². The van der Waals surface area contributed by atoms with Gasteiger partial charge in [0.15, 0.2) is 0 Å². The van der Waals surface area contributed by atoms with E-state index in [0.717, 1.165) is 0 Å². The number of rotatable bonds is 1. The molecule has 0 atom stereocenters. The van der Waals surface area contributed by atoms with Gasteiger partial charge in [-0.2, -0.15) is 0 Å². The van der Waals surface area contributed by atoms with Gasteiger partial charge in [0.05, 0.1) is 0 Å².